The Morgan fingerprint density at radius 1 is 0.881 bits per heavy atom. The van der Waals surface area contributed by atoms with Crippen LogP contribution in [-0.2, 0) is 14.9 Å². The quantitative estimate of drug-likeness (QED) is 0.315. The molecule has 0 saturated carbocycles. The molecule has 9 nitrogen and oxygen atoms in total. The van der Waals surface area contributed by atoms with Crippen molar-refractivity contribution < 1.29 is 19.3 Å². The molecule has 0 radical (unpaired) electrons. The summed E-state index contributed by atoms with van der Waals surface area (Å²) in [5, 5.41) is 12.7. The molecule has 0 aliphatic carbocycles. The second kappa shape index (κ2) is 12.1. The van der Waals surface area contributed by atoms with Crippen LogP contribution in [0.3, 0.4) is 0 Å². The number of aliphatic hydroxyl groups is 1. The van der Waals surface area contributed by atoms with Crippen LogP contribution in [0.4, 0.5) is 0 Å². The van der Waals surface area contributed by atoms with Gasteiger partial charge < -0.3 is 19.3 Å². The third kappa shape index (κ3) is 5.09. The van der Waals surface area contributed by atoms with E-state index in [4.69, 9.17) is 14.2 Å². The van der Waals surface area contributed by atoms with Gasteiger partial charge in [0.15, 0.2) is 6.23 Å². The average molecular weight is 570 g/mol. The third-order valence-corrected chi connectivity index (χ3v) is 8.56. The van der Waals surface area contributed by atoms with Gasteiger partial charge in [-0.05, 0) is 35.2 Å². The largest absolute Gasteiger partial charge is 0.497 e. The molecule has 2 aliphatic heterocycles. The Balaban J connectivity index is 1.50. The lowest BCUT2D eigenvalue weighted by molar-refractivity contribution is -0.0886. The summed E-state index contributed by atoms with van der Waals surface area (Å²) in [6.45, 7) is 2.49. The van der Waals surface area contributed by atoms with Crippen LogP contribution >= 0.6 is 0 Å². The Hall–Kier alpha value is -4.02. The van der Waals surface area contributed by atoms with E-state index in [1.54, 1.807) is 7.11 Å². The third-order valence-electron chi connectivity index (χ3n) is 8.56. The van der Waals surface area contributed by atoms with Crippen molar-refractivity contribution in [1.82, 2.24) is 14.5 Å². The normalized spacial score (nSPS) is 22.1. The number of nitrogens with one attached hydrogen (secondary N) is 1. The first kappa shape index (κ1) is 28.1. The monoisotopic (exact) mass is 569 g/mol. The number of benzene rings is 3. The number of morpholine rings is 1. The molecule has 1 unspecified atom stereocenters. The Morgan fingerprint density at radius 2 is 1.48 bits per heavy atom. The number of rotatable bonds is 8. The lowest BCUT2D eigenvalue weighted by atomic mass is 9.64. The minimum absolute atomic E-state index is 0.225. The molecule has 2 saturated heterocycles. The van der Waals surface area contributed by atoms with E-state index in [0.29, 0.717) is 38.5 Å². The second-order valence-corrected chi connectivity index (χ2v) is 10.7. The Bertz CT molecular complexity index is 1540. The zero-order valence-electron chi connectivity index (χ0n) is 23.5. The number of ether oxygens (including phenoxy) is 3. The molecule has 3 heterocycles. The van der Waals surface area contributed by atoms with E-state index in [0.717, 1.165) is 16.7 Å². The van der Waals surface area contributed by atoms with E-state index < -0.39 is 35.1 Å². The molecular formula is C33H35N3O6. The minimum atomic E-state index is -1.05. The molecule has 9 heteroatoms. The highest BCUT2D eigenvalue weighted by Gasteiger charge is 2.52. The van der Waals surface area contributed by atoms with Gasteiger partial charge in [-0.15, -0.1) is 0 Å². The summed E-state index contributed by atoms with van der Waals surface area (Å²) in [7, 11) is 1.63. The van der Waals surface area contributed by atoms with Gasteiger partial charge in [-0.25, -0.2) is 4.79 Å². The fraction of sp³-hybridized carbons (Fsp3) is 0.333. The average Bonchev–Trinajstić information content (AvgIpc) is 3.48. The van der Waals surface area contributed by atoms with Crippen LogP contribution in [-0.4, -0.2) is 71.2 Å². The first-order valence-corrected chi connectivity index (χ1v) is 14.2. The van der Waals surface area contributed by atoms with Crippen molar-refractivity contribution in [2.24, 2.45) is 0 Å². The van der Waals surface area contributed by atoms with E-state index in [1.165, 1.54) is 16.8 Å². The maximum absolute atomic E-state index is 13.0. The summed E-state index contributed by atoms with van der Waals surface area (Å²) >= 11 is 0. The molecule has 218 valence electrons. The van der Waals surface area contributed by atoms with E-state index in [-0.39, 0.29) is 6.04 Å². The highest BCUT2D eigenvalue weighted by Crippen LogP contribution is 2.47. The van der Waals surface area contributed by atoms with Gasteiger partial charge in [-0.3, -0.25) is 19.2 Å². The highest BCUT2D eigenvalue weighted by molar-refractivity contribution is 5.53. The lowest BCUT2D eigenvalue weighted by Gasteiger charge is -2.42. The zero-order chi connectivity index (χ0) is 29.1. The SMILES string of the molecule is COc1ccc(C(c2ccccc2)(c2ccccc2)C(O)[C@@H]2C[C@@H](N3CCOCC3)[C@H](n3ccc(=O)[nH]c3=O)O2)cc1. The van der Waals surface area contributed by atoms with Crippen LogP contribution in [0.2, 0.25) is 0 Å². The van der Waals surface area contributed by atoms with Crippen LogP contribution in [0.5, 0.6) is 5.75 Å². The van der Waals surface area contributed by atoms with Crippen LogP contribution < -0.4 is 16.0 Å². The molecule has 0 bridgehead atoms. The van der Waals surface area contributed by atoms with E-state index >= 15 is 0 Å². The van der Waals surface area contributed by atoms with Crippen LogP contribution in [0.1, 0.15) is 29.3 Å². The first-order chi connectivity index (χ1) is 20.5. The number of aromatic nitrogens is 2. The fourth-order valence-electron chi connectivity index (χ4n) is 6.55. The summed E-state index contributed by atoms with van der Waals surface area (Å²) < 4.78 is 19.2. The molecule has 0 spiro atoms. The number of H-pyrrole nitrogens is 1. The lowest BCUT2D eigenvalue weighted by Crippen LogP contribution is -2.49. The predicted molar refractivity (Wildman–Crippen MR) is 158 cm³/mol. The fourth-order valence-corrected chi connectivity index (χ4v) is 6.55. The van der Waals surface area contributed by atoms with Crippen molar-refractivity contribution in [1.29, 1.82) is 0 Å². The van der Waals surface area contributed by atoms with Crippen molar-refractivity contribution in [3.05, 3.63) is 135 Å². The molecule has 4 atom stereocenters. The maximum Gasteiger partial charge on any atom is 0.330 e. The smallest absolute Gasteiger partial charge is 0.330 e. The number of hydrogen-bond acceptors (Lipinski definition) is 7. The Morgan fingerprint density at radius 3 is 2.05 bits per heavy atom. The zero-order valence-corrected chi connectivity index (χ0v) is 23.5. The molecule has 6 rings (SSSR count). The predicted octanol–water partition coefficient (Wildman–Crippen LogP) is 2.93. The van der Waals surface area contributed by atoms with Crippen LogP contribution in [0.15, 0.2) is 107 Å². The maximum atomic E-state index is 13.0. The standard InChI is InChI=1S/C33H35N3O6/c1-40-26-14-12-25(13-15-26)33(23-8-4-2-5-9-23,24-10-6-3-7-11-24)30(38)28-22-27(35-18-20-41-21-19-35)31(42-28)36-17-16-29(37)34-32(36)39/h2-17,27-28,30-31,38H,18-22H2,1H3,(H,34,37,39)/t27-,28+,30?,31-/m1/s1. The number of methoxy groups -OCH3 is 1. The first-order valence-electron chi connectivity index (χ1n) is 14.2. The molecule has 2 N–H and O–H groups in total. The summed E-state index contributed by atoms with van der Waals surface area (Å²) in [6.07, 6.45) is -0.493. The Labute approximate surface area is 243 Å². The van der Waals surface area contributed by atoms with Gasteiger partial charge >= 0.3 is 5.69 Å². The van der Waals surface area contributed by atoms with E-state index in [2.05, 4.69) is 9.88 Å². The Kier molecular flexibility index (Phi) is 8.08. The van der Waals surface area contributed by atoms with Gasteiger partial charge in [-0.1, -0.05) is 72.8 Å². The molecule has 2 aliphatic rings. The van der Waals surface area contributed by atoms with Gasteiger partial charge in [0.1, 0.15) is 5.75 Å². The van der Waals surface area contributed by atoms with Crippen molar-refractivity contribution >= 4 is 0 Å². The van der Waals surface area contributed by atoms with Crippen molar-refractivity contribution in [2.75, 3.05) is 33.4 Å². The van der Waals surface area contributed by atoms with Crippen molar-refractivity contribution in [2.45, 2.75) is 36.3 Å². The molecule has 3 aromatic carbocycles. The number of aliphatic hydroxyl groups excluding tert-OH is 1. The van der Waals surface area contributed by atoms with Crippen molar-refractivity contribution in [3.63, 3.8) is 0 Å². The molecule has 0 amide bonds. The second-order valence-electron chi connectivity index (χ2n) is 10.7. The van der Waals surface area contributed by atoms with E-state index in [9.17, 15) is 14.7 Å². The van der Waals surface area contributed by atoms with Gasteiger partial charge in [-0.2, -0.15) is 0 Å². The highest BCUT2D eigenvalue weighted by atomic mass is 16.5. The van der Waals surface area contributed by atoms with Crippen molar-refractivity contribution in [3.8, 4) is 5.75 Å². The number of nitrogens with zero attached hydrogens (tertiary/aromatic N) is 2. The molecule has 2 fully saturated rings. The van der Waals surface area contributed by atoms with Gasteiger partial charge in [0, 0.05) is 25.4 Å². The summed E-state index contributed by atoms with van der Waals surface area (Å²) in [5.41, 5.74) is 0.660. The molecule has 4 aromatic rings. The van der Waals surface area contributed by atoms with Crippen LogP contribution in [0, 0.1) is 0 Å². The molecule has 42 heavy (non-hydrogen) atoms. The number of aromatic amines is 1. The number of hydrogen-bond donors (Lipinski definition) is 2. The van der Waals surface area contributed by atoms with Gasteiger partial charge in [0.25, 0.3) is 5.56 Å². The van der Waals surface area contributed by atoms with E-state index in [1.807, 2.05) is 84.9 Å². The molecule has 1 aromatic heterocycles. The summed E-state index contributed by atoms with van der Waals surface area (Å²) in [6, 6.07) is 28.8. The topological polar surface area (TPSA) is 106 Å². The van der Waals surface area contributed by atoms with Crippen LogP contribution in [0.25, 0.3) is 0 Å². The van der Waals surface area contributed by atoms with Gasteiger partial charge in [0.2, 0.25) is 0 Å². The minimum Gasteiger partial charge on any atom is -0.497 e. The summed E-state index contributed by atoms with van der Waals surface area (Å²) in [5.74, 6) is 0.713. The van der Waals surface area contributed by atoms with Gasteiger partial charge in [0.05, 0.1) is 44.0 Å². The summed E-state index contributed by atoms with van der Waals surface area (Å²) in [4.78, 5) is 29.4. The molecular weight excluding hydrogens is 534 g/mol.